The van der Waals surface area contributed by atoms with Crippen LogP contribution in [0.3, 0.4) is 0 Å². The van der Waals surface area contributed by atoms with Crippen LogP contribution in [-0.4, -0.2) is 16.0 Å². The van der Waals surface area contributed by atoms with E-state index in [4.69, 9.17) is 16.1 Å². The van der Waals surface area contributed by atoms with Crippen molar-refractivity contribution < 1.29 is 9.32 Å². The Labute approximate surface area is 138 Å². The number of nitrogens with zero attached hydrogens (tertiary/aromatic N) is 2. The Morgan fingerprint density at radius 2 is 1.91 bits per heavy atom. The molecule has 0 fully saturated rings. The van der Waals surface area contributed by atoms with Gasteiger partial charge in [0.2, 0.25) is 5.91 Å². The van der Waals surface area contributed by atoms with Crippen molar-refractivity contribution in [2.24, 2.45) is 0 Å². The van der Waals surface area contributed by atoms with Gasteiger partial charge in [0.1, 0.15) is 0 Å². The molecule has 2 aromatic carbocycles. The van der Waals surface area contributed by atoms with Crippen molar-refractivity contribution in [2.45, 2.75) is 13.3 Å². The molecule has 0 radical (unpaired) electrons. The smallest absolute Gasteiger partial charge is 0.258 e. The first kappa shape index (κ1) is 15.2. The van der Waals surface area contributed by atoms with Gasteiger partial charge in [0.15, 0.2) is 5.82 Å². The highest BCUT2D eigenvalue weighted by Crippen LogP contribution is 2.22. The zero-order valence-corrected chi connectivity index (χ0v) is 13.2. The molecule has 0 aliphatic carbocycles. The summed E-state index contributed by atoms with van der Waals surface area (Å²) >= 11 is 6.01. The summed E-state index contributed by atoms with van der Waals surface area (Å²) in [7, 11) is 0. The van der Waals surface area contributed by atoms with E-state index in [9.17, 15) is 4.79 Å². The Balaban J connectivity index is 1.71. The van der Waals surface area contributed by atoms with Crippen LogP contribution < -0.4 is 5.32 Å². The molecule has 0 atom stereocenters. The molecule has 6 heteroatoms. The molecular formula is C17H14ClN3O2. The van der Waals surface area contributed by atoms with E-state index >= 15 is 0 Å². The fraction of sp³-hybridized carbons (Fsp3) is 0.118. The van der Waals surface area contributed by atoms with Gasteiger partial charge < -0.3 is 9.84 Å². The number of carbonyl (C=O) groups is 1. The van der Waals surface area contributed by atoms with Crippen molar-refractivity contribution in [3.8, 4) is 11.5 Å². The zero-order chi connectivity index (χ0) is 16.2. The minimum atomic E-state index is -0.254. The van der Waals surface area contributed by atoms with Crippen molar-refractivity contribution in [3.05, 3.63) is 64.9 Å². The summed E-state index contributed by atoms with van der Waals surface area (Å²) in [5, 5.41) is 7.07. The van der Waals surface area contributed by atoms with Gasteiger partial charge >= 0.3 is 0 Å². The Kier molecular flexibility index (Phi) is 4.39. The number of carbonyl (C=O) groups excluding carboxylic acids is 1. The predicted octanol–water partition coefficient (Wildman–Crippen LogP) is 3.88. The summed E-state index contributed by atoms with van der Waals surface area (Å²) in [6, 6.07) is 14.7. The average Bonchev–Trinajstić information content (AvgIpc) is 2.98. The first-order chi connectivity index (χ1) is 11.1. The summed E-state index contributed by atoms with van der Waals surface area (Å²) in [6.45, 7) is 1.96. The van der Waals surface area contributed by atoms with E-state index in [1.54, 1.807) is 24.3 Å². The van der Waals surface area contributed by atoms with Crippen LogP contribution in [0.4, 0.5) is 5.69 Å². The number of rotatable bonds is 4. The molecule has 1 N–H and O–H groups in total. The topological polar surface area (TPSA) is 68.0 Å². The maximum Gasteiger partial charge on any atom is 0.258 e. The normalized spacial score (nSPS) is 10.5. The van der Waals surface area contributed by atoms with Gasteiger partial charge in [-0.05, 0) is 30.7 Å². The van der Waals surface area contributed by atoms with Crippen molar-refractivity contribution in [1.82, 2.24) is 10.1 Å². The summed E-state index contributed by atoms with van der Waals surface area (Å²) in [6.07, 6.45) is 0.0145. The highest BCUT2D eigenvalue weighted by atomic mass is 35.5. The zero-order valence-electron chi connectivity index (χ0n) is 12.4. The number of hydrogen-bond acceptors (Lipinski definition) is 4. The maximum atomic E-state index is 12.1. The van der Waals surface area contributed by atoms with Gasteiger partial charge in [-0.15, -0.1) is 0 Å². The van der Waals surface area contributed by atoms with Crippen LogP contribution in [0.25, 0.3) is 11.5 Å². The largest absolute Gasteiger partial charge is 0.334 e. The quantitative estimate of drug-likeness (QED) is 0.789. The van der Waals surface area contributed by atoms with E-state index in [1.165, 1.54) is 0 Å². The number of halogens is 1. The molecule has 1 amide bonds. The maximum absolute atomic E-state index is 12.1. The molecule has 5 nitrogen and oxygen atoms in total. The predicted molar refractivity (Wildman–Crippen MR) is 88.3 cm³/mol. The minimum absolute atomic E-state index is 0.0145. The van der Waals surface area contributed by atoms with Gasteiger partial charge in [-0.25, -0.2) is 0 Å². The number of anilines is 1. The van der Waals surface area contributed by atoms with Crippen molar-refractivity contribution in [2.75, 3.05) is 5.32 Å². The fourth-order valence-electron chi connectivity index (χ4n) is 2.15. The van der Waals surface area contributed by atoms with Gasteiger partial charge in [0.25, 0.3) is 5.89 Å². The molecule has 23 heavy (non-hydrogen) atoms. The number of nitrogens with one attached hydrogen (secondary N) is 1. The van der Waals surface area contributed by atoms with Crippen LogP contribution in [0.15, 0.2) is 53.1 Å². The number of hydrogen-bond donors (Lipinski definition) is 1. The van der Waals surface area contributed by atoms with Crippen LogP contribution in [-0.2, 0) is 11.2 Å². The lowest BCUT2D eigenvalue weighted by molar-refractivity contribution is -0.115. The second-order valence-corrected chi connectivity index (χ2v) is 5.44. The highest BCUT2D eigenvalue weighted by Gasteiger charge is 2.14. The molecule has 0 spiro atoms. The molecule has 0 aliphatic rings. The van der Waals surface area contributed by atoms with Crippen molar-refractivity contribution in [1.29, 1.82) is 0 Å². The molecule has 0 saturated heterocycles. The van der Waals surface area contributed by atoms with E-state index in [2.05, 4.69) is 15.5 Å². The Bertz CT molecular complexity index is 845. The third-order valence-corrected chi connectivity index (χ3v) is 3.64. The Morgan fingerprint density at radius 3 is 2.70 bits per heavy atom. The van der Waals surface area contributed by atoms with E-state index < -0.39 is 0 Å². The van der Waals surface area contributed by atoms with Crippen LogP contribution in [0.1, 0.15) is 11.4 Å². The standard InChI is InChI=1S/C17H14ClN3O2/c1-11-6-2-3-7-12(11)17-20-15(21-23-17)10-16(22)19-14-9-5-4-8-13(14)18/h2-9H,10H2,1H3,(H,19,22). The number of para-hydroxylation sites is 1. The molecule has 3 aromatic rings. The lowest BCUT2D eigenvalue weighted by Gasteiger charge is -2.04. The number of benzene rings is 2. The van der Waals surface area contributed by atoms with Crippen LogP contribution in [0.2, 0.25) is 5.02 Å². The lowest BCUT2D eigenvalue weighted by atomic mass is 10.1. The lowest BCUT2D eigenvalue weighted by Crippen LogP contribution is -2.15. The van der Waals surface area contributed by atoms with Gasteiger partial charge in [0, 0.05) is 5.56 Å². The first-order valence-electron chi connectivity index (χ1n) is 7.06. The van der Waals surface area contributed by atoms with E-state index in [0.717, 1.165) is 11.1 Å². The summed E-state index contributed by atoms with van der Waals surface area (Å²) in [5.74, 6) is 0.478. The highest BCUT2D eigenvalue weighted by molar-refractivity contribution is 6.33. The molecule has 1 heterocycles. The van der Waals surface area contributed by atoms with Gasteiger partial charge in [-0.3, -0.25) is 4.79 Å². The first-order valence-corrected chi connectivity index (χ1v) is 7.44. The van der Waals surface area contributed by atoms with Crippen LogP contribution >= 0.6 is 11.6 Å². The Hall–Kier alpha value is -2.66. The van der Waals surface area contributed by atoms with E-state index in [1.807, 2.05) is 31.2 Å². The summed E-state index contributed by atoms with van der Waals surface area (Å²) in [5.41, 5.74) is 2.45. The monoisotopic (exact) mass is 327 g/mol. The van der Waals surface area contributed by atoms with Gasteiger partial charge in [0.05, 0.1) is 17.1 Å². The third-order valence-electron chi connectivity index (χ3n) is 3.31. The second-order valence-electron chi connectivity index (χ2n) is 5.04. The second kappa shape index (κ2) is 6.62. The number of aryl methyl sites for hydroxylation is 1. The molecule has 116 valence electrons. The SMILES string of the molecule is Cc1ccccc1-c1nc(CC(=O)Nc2ccccc2Cl)no1. The molecule has 0 aliphatic heterocycles. The third kappa shape index (κ3) is 3.57. The molecule has 1 aromatic heterocycles. The van der Waals surface area contributed by atoms with Gasteiger partial charge in [-0.1, -0.05) is 47.1 Å². The number of amides is 1. The van der Waals surface area contributed by atoms with Gasteiger partial charge in [-0.2, -0.15) is 4.98 Å². The van der Waals surface area contributed by atoms with E-state index in [-0.39, 0.29) is 12.3 Å². The van der Waals surface area contributed by atoms with E-state index in [0.29, 0.717) is 22.4 Å². The van der Waals surface area contributed by atoms with Crippen molar-refractivity contribution in [3.63, 3.8) is 0 Å². The Morgan fingerprint density at radius 1 is 1.17 bits per heavy atom. The van der Waals surface area contributed by atoms with Crippen molar-refractivity contribution >= 4 is 23.2 Å². The molecular weight excluding hydrogens is 314 g/mol. The summed E-state index contributed by atoms with van der Waals surface area (Å²) in [4.78, 5) is 16.3. The molecule has 0 unspecified atom stereocenters. The van der Waals surface area contributed by atoms with Crippen LogP contribution in [0, 0.1) is 6.92 Å². The summed E-state index contributed by atoms with van der Waals surface area (Å²) < 4.78 is 5.24. The average molecular weight is 328 g/mol. The van der Waals surface area contributed by atoms with Crippen LogP contribution in [0.5, 0.6) is 0 Å². The molecule has 3 rings (SSSR count). The molecule has 0 saturated carbocycles. The molecule has 0 bridgehead atoms. The minimum Gasteiger partial charge on any atom is -0.334 e. The fourth-order valence-corrected chi connectivity index (χ4v) is 2.33. The number of aromatic nitrogens is 2.